The summed E-state index contributed by atoms with van der Waals surface area (Å²) in [4.78, 5) is 12.3. The molecular weight excluding hydrogens is 224 g/mol. The van der Waals surface area contributed by atoms with Crippen LogP contribution in [0.15, 0.2) is 49.1 Å². The molecule has 0 amide bonds. The average molecular weight is 242 g/mol. The normalized spacial score (nSPS) is 10.9. The van der Waals surface area contributed by atoms with Crippen molar-refractivity contribution >= 4 is 5.78 Å². The molecule has 0 atom stereocenters. The lowest BCUT2D eigenvalue weighted by Crippen LogP contribution is -2.03. The van der Waals surface area contributed by atoms with Crippen molar-refractivity contribution in [3.63, 3.8) is 0 Å². The molecule has 1 rings (SSSR count). The maximum Gasteiger partial charge on any atom is 0.193 e. The highest BCUT2D eigenvalue weighted by Crippen LogP contribution is 2.24. The topological polar surface area (TPSA) is 26.3 Å². The first kappa shape index (κ1) is 14.0. The highest BCUT2D eigenvalue weighted by atomic mass is 16.5. The number of carbonyl (C=O) groups is 1. The number of methoxy groups -OCH3 is 1. The fourth-order valence-electron chi connectivity index (χ4n) is 1.70. The number of Topliss-reactive ketones (excluding diaryl/α,β-unsaturated/α-hetero) is 1. The van der Waals surface area contributed by atoms with Gasteiger partial charge in [-0.05, 0) is 37.1 Å². The van der Waals surface area contributed by atoms with E-state index in [9.17, 15) is 4.79 Å². The highest BCUT2D eigenvalue weighted by Gasteiger charge is 2.13. The minimum Gasteiger partial charge on any atom is -0.496 e. The van der Waals surface area contributed by atoms with E-state index in [2.05, 4.69) is 13.2 Å². The SMILES string of the molecule is C=C/C=C(\C=C)C(=O)c1cc(C)c(C)c(OC)c1. The van der Waals surface area contributed by atoms with Crippen LogP contribution in [0.3, 0.4) is 0 Å². The molecule has 0 unspecified atom stereocenters. The van der Waals surface area contributed by atoms with E-state index in [0.717, 1.165) is 16.9 Å². The summed E-state index contributed by atoms with van der Waals surface area (Å²) in [5.74, 6) is 0.645. The molecule has 0 N–H and O–H groups in total. The van der Waals surface area contributed by atoms with Crippen molar-refractivity contribution in [2.24, 2.45) is 0 Å². The standard InChI is InChI=1S/C16H18O2/c1-6-8-13(7-2)16(17)14-9-11(3)12(4)15(10-14)18-5/h6-10H,1-2H2,3-5H3/b13-8+. The van der Waals surface area contributed by atoms with Gasteiger partial charge in [0.25, 0.3) is 0 Å². The van der Waals surface area contributed by atoms with Crippen molar-refractivity contribution in [3.05, 3.63) is 65.8 Å². The van der Waals surface area contributed by atoms with Gasteiger partial charge < -0.3 is 4.74 Å². The number of benzene rings is 1. The van der Waals surface area contributed by atoms with Crippen LogP contribution >= 0.6 is 0 Å². The van der Waals surface area contributed by atoms with Crippen LogP contribution in [0.2, 0.25) is 0 Å². The van der Waals surface area contributed by atoms with Gasteiger partial charge in [0.05, 0.1) is 7.11 Å². The van der Waals surface area contributed by atoms with Gasteiger partial charge in [-0.2, -0.15) is 0 Å². The molecule has 94 valence electrons. The van der Waals surface area contributed by atoms with E-state index in [4.69, 9.17) is 4.74 Å². The third-order valence-electron chi connectivity index (χ3n) is 2.88. The Morgan fingerprint density at radius 2 is 1.94 bits per heavy atom. The maximum absolute atomic E-state index is 12.3. The number of aryl methyl sites for hydroxylation is 1. The minimum atomic E-state index is -0.0775. The zero-order valence-electron chi connectivity index (χ0n) is 11.1. The van der Waals surface area contributed by atoms with Crippen molar-refractivity contribution in [3.8, 4) is 5.75 Å². The summed E-state index contributed by atoms with van der Waals surface area (Å²) >= 11 is 0. The number of carbonyl (C=O) groups excluding carboxylic acids is 1. The zero-order chi connectivity index (χ0) is 13.7. The molecule has 0 saturated carbocycles. The molecule has 0 aliphatic carbocycles. The number of allylic oxidation sites excluding steroid dienone is 4. The van der Waals surface area contributed by atoms with E-state index in [0.29, 0.717) is 11.1 Å². The monoisotopic (exact) mass is 242 g/mol. The van der Waals surface area contributed by atoms with E-state index < -0.39 is 0 Å². The quantitative estimate of drug-likeness (QED) is 0.446. The molecule has 0 heterocycles. The van der Waals surface area contributed by atoms with Gasteiger partial charge in [-0.1, -0.05) is 31.4 Å². The Bertz CT molecular complexity index is 522. The number of hydrogen-bond acceptors (Lipinski definition) is 2. The van der Waals surface area contributed by atoms with E-state index in [1.165, 1.54) is 6.08 Å². The third kappa shape index (κ3) is 2.77. The minimum absolute atomic E-state index is 0.0775. The van der Waals surface area contributed by atoms with Crippen LogP contribution in [0.25, 0.3) is 0 Å². The molecule has 0 fully saturated rings. The first-order valence-corrected chi connectivity index (χ1v) is 5.70. The summed E-state index contributed by atoms with van der Waals surface area (Å²) in [6, 6.07) is 3.62. The molecule has 18 heavy (non-hydrogen) atoms. The van der Waals surface area contributed by atoms with Crippen molar-refractivity contribution in [2.75, 3.05) is 7.11 Å². The van der Waals surface area contributed by atoms with Gasteiger partial charge in [0.2, 0.25) is 0 Å². The molecule has 0 spiro atoms. The molecule has 0 aliphatic heterocycles. The van der Waals surface area contributed by atoms with Gasteiger partial charge in [0.1, 0.15) is 5.75 Å². The summed E-state index contributed by atoms with van der Waals surface area (Å²) in [7, 11) is 1.60. The lowest BCUT2D eigenvalue weighted by Gasteiger charge is -2.10. The molecule has 0 bridgehead atoms. The lowest BCUT2D eigenvalue weighted by molar-refractivity contribution is 0.103. The van der Waals surface area contributed by atoms with E-state index in [1.807, 2.05) is 19.9 Å². The van der Waals surface area contributed by atoms with E-state index in [-0.39, 0.29) is 5.78 Å². The molecule has 1 aromatic carbocycles. The molecule has 2 nitrogen and oxygen atoms in total. The summed E-state index contributed by atoms with van der Waals surface area (Å²) in [5, 5.41) is 0. The van der Waals surface area contributed by atoms with Crippen LogP contribution in [0.5, 0.6) is 5.75 Å². The summed E-state index contributed by atoms with van der Waals surface area (Å²) in [5.41, 5.74) is 3.19. The second kappa shape index (κ2) is 6.01. The van der Waals surface area contributed by atoms with Crippen molar-refractivity contribution < 1.29 is 9.53 Å². The zero-order valence-corrected chi connectivity index (χ0v) is 11.1. The van der Waals surface area contributed by atoms with Crippen LogP contribution in [-0.2, 0) is 0 Å². The molecular formula is C16H18O2. The fraction of sp³-hybridized carbons (Fsp3) is 0.188. The number of ether oxygens (including phenoxy) is 1. The Kier molecular flexibility index (Phi) is 4.67. The Labute approximate surface area is 108 Å². The number of hydrogen-bond donors (Lipinski definition) is 0. The van der Waals surface area contributed by atoms with Crippen LogP contribution in [0.4, 0.5) is 0 Å². The van der Waals surface area contributed by atoms with Crippen molar-refractivity contribution in [1.82, 2.24) is 0 Å². The Hall–Kier alpha value is -2.09. The predicted octanol–water partition coefficient (Wildman–Crippen LogP) is 3.79. The number of rotatable bonds is 5. The summed E-state index contributed by atoms with van der Waals surface area (Å²) in [6.07, 6.45) is 4.76. The molecule has 1 aromatic rings. The Morgan fingerprint density at radius 3 is 2.44 bits per heavy atom. The Morgan fingerprint density at radius 1 is 1.28 bits per heavy atom. The van der Waals surface area contributed by atoms with Gasteiger partial charge in [-0.3, -0.25) is 4.79 Å². The van der Waals surface area contributed by atoms with Crippen molar-refractivity contribution in [2.45, 2.75) is 13.8 Å². The second-order valence-electron chi connectivity index (χ2n) is 4.01. The maximum atomic E-state index is 12.3. The van der Waals surface area contributed by atoms with Crippen molar-refractivity contribution in [1.29, 1.82) is 0 Å². The average Bonchev–Trinajstić information content (AvgIpc) is 2.38. The van der Waals surface area contributed by atoms with E-state index in [1.54, 1.807) is 25.3 Å². The van der Waals surface area contributed by atoms with Crippen LogP contribution in [0, 0.1) is 13.8 Å². The number of ketones is 1. The molecule has 0 aromatic heterocycles. The second-order valence-corrected chi connectivity index (χ2v) is 4.01. The largest absolute Gasteiger partial charge is 0.496 e. The van der Waals surface area contributed by atoms with Crippen LogP contribution in [-0.4, -0.2) is 12.9 Å². The molecule has 2 heteroatoms. The van der Waals surface area contributed by atoms with Gasteiger partial charge in [0, 0.05) is 11.1 Å². The molecule has 0 saturated heterocycles. The van der Waals surface area contributed by atoms with Gasteiger partial charge in [-0.25, -0.2) is 0 Å². The lowest BCUT2D eigenvalue weighted by atomic mass is 9.98. The molecule has 0 aliphatic rings. The fourth-order valence-corrected chi connectivity index (χ4v) is 1.70. The van der Waals surface area contributed by atoms with Crippen LogP contribution in [0.1, 0.15) is 21.5 Å². The summed E-state index contributed by atoms with van der Waals surface area (Å²) in [6.45, 7) is 11.2. The first-order chi connectivity index (χ1) is 8.54. The van der Waals surface area contributed by atoms with Gasteiger partial charge >= 0.3 is 0 Å². The van der Waals surface area contributed by atoms with Gasteiger partial charge in [0.15, 0.2) is 5.78 Å². The van der Waals surface area contributed by atoms with Crippen LogP contribution < -0.4 is 4.74 Å². The Balaban J connectivity index is 3.30. The first-order valence-electron chi connectivity index (χ1n) is 5.70. The highest BCUT2D eigenvalue weighted by molar-refractivity contribution is 6.11. The summed E-state index contributed by atoms with van der Waals surface area (Å²) < 4.78 is 5.27. The smallest absolute Gasteiger partial charge is 0.193 e. The third-order valence-corrected chi connectivity index (χ3v) is 2.88. The molecule has 0 radical (unpaired) electrons. The van der Waals surface area contributed by atoms with Gasteiger partial charge in [-0.15, -0.1) is 0 Å². The predicted molar refractivity (Wildman–Crippen MR) is 75.3 cm³/mol. The van der Waals surface area contributed by atoms with E-state index >= 15 is 0 Å².